The Balaban J connectivity index is 2.82. The molecular formula is C12H19BrN2. The summed E-state index contributed by atoms with van der Waals surface area (Å²) >= 11 is 3.46. The summed E-state index contributed by atoms with van der Waals surface area (Å²) in [6.45, 7) is 5.00. The van der Waals surface area contributed by atoms with Gasteiger partial charge >= 0.3 is 0 Å². The van der Waals surface area contributed by atoms with Crippen molar-refractivity contribution in [2.24, 2.45) is 5.73 Å². The summed E-state index contributed by atoms with van der Waals surface area (Å²) in [4.78, 5) is 0. The van der Waals surface area contributed by atoms with Crippen LogP contribution in [0.2, 0.25) is 0 Å². The van der Waals surface area contributed by atoms with E-state index in [0.717, 1.165) is 23.0 Å². The van der Waals surface area contributed by atoms with E-state index >= 15 is 0 Å². The van der Waals surface area contributed by atoms with Gasteiger partial charge in [-0.05, 0) is 31.0 Å². The zero-order valence-corrected chi connectivity index (χ0v) is 11.0. The molecule has 3 heteroatoms. The maximum absolute atomic E-state index is 5.84. The Kier molecular flexibility index (Phi) is 4.61. The molecule has 0 aliphatic heterocycles. The number of hydrogen-bond donors (Lipinski definition) is 2. The highest BCUT2D eigenvalue weighted by Gasteiger charge is 2.23. The van der Waals surface area contributed by atoms with Crippen molar-refractivity contribution in [3.05, 3.63) is 28.7 Å². The lowest BCUT2D eigenvalue weighted by molar-refractivity contribution is 0.445. The van der Waals surface area contributed by atoms with E-state index in [1.165, 1.54) is 0 Å². The molecule has 0 heterocycles. The molecule has 0 atom stereocenters. The molecule has 15 heavy (non-hydrogen) atoms. The fourth-order valence-electron chi connectivity index (χ4n) is 1.64. The smallest absolute Gasteiger partial charge is 0.0490 e. The third-order valence-electron chi connectivity index (χ3n) is 2.98. The average molecular weight is 271 g/mol. The van der Waals surface area contributed by atoms with Gasteiger partial charge in [-0.2, -0.15) is 0 Å². The highest BCUT2D eigenvalue weighted by atomic mass is 79.9. The van der Waals surface area contributed by atoms with Gasteiger partial charge in [0.15, 0.2) is 0 Å². The number of anilines is 1. The van der Waals surface area contributed by atoms with Crippen LogP contribution in [0.4, 0.5) is 5.69 Å². The summed E-state index contributed by atoms with van der Waals surface area (Å²) < 4.78 is 1.09. The first-order valence-electron chi connectivity index (χ1n) is 5.39. The highest BCUT2D eigenvalue weighted by Crippen LogP contribution is 2.23. The van der Waals surface area contributed by atoms with Crippen LogP contribution in [0.3, 0.4) is 0 Å². The Morgan fingerprint density at radius 1 is 1.33 bits per heavy atom. The van der Waals surface area contributed by atoms with E-state index in [1.54, 1.807) is 0 Å². The number of nitrogens with one attached hydrogen (secondary N) is 1. The first-order valence-corrected chi connectivity index (χ1v) is 6.19. The highest BCUT2D eigenvalue weighted by molar-refractivity contribution is 9.10. The van der Waals surface area contributed by atoms with Crippen LogP contribution >= 0.6 is 15.9 Å². The van der Waals surface area contributed by atoms with E-state index in [0.29, 0.717) is 6.54 Å². The summed E-state index contributed by atoms with van der Waals surface area (Å²) in [7, 11) is 0. The lowest BCUT2D eigenvalue weighted by Gasteiger charge is -2.32. The Morgan fingerprint density at radius 2 is 2.00 bits per heavy atom. The van der Waals surface area contributed by atoms with Crippen molar-refractivity contribution < 1.29 is 0 Å². The summed E-state index contributed by atoms with van der Waals surface area (Å²) in [6.07, 6.45) is 2.07. The first-order chi connectivity index (χ1) is 7.15. The van der Waals surface area contributed by atoms with Gasteiger partial charge in [-0.1, -0.05) is 35.8 Å². The summed E-state index contributed by atoms with van der Waals surface area (Å²) in [5.41, 5.74) is 6.99. The third-order valence-corrected chi connectivity index (χ3v) is 3.47. The second-order valence-electron chi connectivity index (χ2n) is 3.83. The Labute approximate surface area is 100 Å². The van der Waals surface area contributed by atoms with Crippen LogP contribution in [0.25, 0.3) is 0 Å². The van der Waals surface area contributed by atoms with Gasteiger partial charge in [-0.25, -0.2) is 0 Å². The largest absolute Gasteiger partial charge is 0.378 e. The van der Waals surface area contributed by atoms with E-state index in [9.17, 15) is 0 Å². The minimum absolute atomic E-state index is 0.0286. The van der Waals surface area contributed by atoms with Crippen LogP contribution < -0.4 is 11.1 Å². The number of nitrogens with two attached hydrogens (primary N) is 1. The number of hydrogen-bond acceptors (Lipinski definition) is 2. The molecule has 2 nitrogen and oxygen atoms in total. The van der Waals surface area contributed by atoms with E-state index in [2.05, 4.69) is 47.2 Å². The summed E-state index contributed by atoms with van der Waals surface area (Å²) in [6, 6.07) is 8.20. The zero-order valence-electron chi connectivity index (χ0n) is 9.39. The molecule has 0 aliphatic rings. The SMILES string of the molecule is CCC(CC)(CN)Nc1cccc(Br)c1. The molecule has 1 rings (SSSR count). The van der Waals surface area contributed by atoms with Gasteiger partial charge < -0.3 is 11.1 Å². The van der Waals surface area contributed by atoms with Gasteiger partial charge in [0, 0.05) is 22.2 Å². The number of rotatable bonds is 5. The van der Waals surface area contributed by atoms with Crippen molar-refractivity contribution in [3.63, 3.8) is 0 Å². The normalized spacial score (nSPS) is 11.5. The molecule has 0 spiro atoms. The van der Waals surface area contributed by atoms with Crippen LogP contribution in [0.1, 0.15) is 26.7 Å². The molecule has 1 aromatic rings. The van der Waals surface area contributed by atoms with Crippen LogP contribution in [0.5, 0.6) is 0 Å². The minimum atomic E-state index is 0.0286. The number of halogens is 1. The van der Waals surface area contributed by atoms with Crippen molar-refractivity contribution in [1.29, 1.82) is 0 Å². The van der Waals surface area contributed by atoms with Crippen molar-refractivity contribution in [2.75, 3.05) is 11.9 Å². The van der Waals surface area contributed by atoms with Gasteiger partial charge in [-0.3, -0.25) is 0 Å². The maximum Gasteiger partial charge on any atom is 0.0490 e. The summed E-state index contributed by atoms with van der Waals surface area (Å²) in [5.74, 6) is 0. The van der Waals surface area contributed by atoms with Gasteiger partial charge in [0.25, 0.3) is 0 Å². The summed E-state index contributed by atoms with van der Waals surface area (Å²) in [5, 5.41) is 3.53. The van der Waals surface area contributed by atoms with Gasteiger partial charge in [0.2, 0.25) is 0 Å². The van der Waals surface area contributed by atoms with Crippen molar-refractivity contribution in [3.8, 4) is 0 Å². The first kappa shape index (κ1) is 12.5. The standard InChI is InChI=1S/C12H19BrN2/c1-3-12(4-2,9-14)15-11-7-5-6-10(13)8-11/h5-8,15H,3-4,9,14H2,1-2H3. The molecule has 0 amide bonds. The quantitative estimate of drug-likeness (QED) is 0.861. The van der Waals surface area contributed by atoms with Crippen LogP contribution in [-0.4, -0.2) is 12.1 Å². The molecule has 0 saturated carbocycles. The molecule has 0 bridgehead atoms. The Bertz CT molecular complexity index is 300. The van der Waals surface area contributed by atoms with Gasteiger partial charge in [0.1, 0.15) is 0 Å². The molecule has 0 unspecified atom stereocenters. The van der Waals surface area contributed by atoms with Crippen LogP contribution in [0, 0.1) is 0 Å². The number of benzene rings is 1. The second-order valence-corrected chi connectivity index (χ2v) is 4.74. The average Bonchev–Trinajstić information content (AvgIpc) is 2.26. The van der Waals surface area contributed by atoms with Crippen LogP contribution in [0.15, 0.2) is 28.7 Å². The fourth-order valence-corrected chi connectivity index (χ4v) is 2.04. The Morgan fingerprint density at radius 3 is 2.47 bits per heavy atom. The molecular weight excluding hydrogens is 252 g/mol. The zero-order chi connectivity index (χ0) is 11.3. The monoisotopic (exact) mass is 270 g/mol. The fraction of sp³-hybridized carbons (Fsp3) is 0.500. The Hall–Kier alpha value is -0.540. The van der Waals surface area contributed by atoms with Crippen molar-refractivity contribution in [1.82, 2.24) is 0 Å². The molecule has 0 radical (unpaired) electrons. The van der Waals surface area contributed by atoms with Crippen LogP contribution in [-0.2, 0) is 0 Å². The molecule has 0 aliphatic carbocycles. The predicted molar refractivity (Wildman–Crippen MR) is 70.1 cm³/mol. The topological polar surface area (TPSA) is 38.0 Å². The van der Waals surface area contributed by atoms with E-state index in [-0.39, 0.29) is 5.54 Å². The van der Waals surface area contributed by atoms with Gasteiger partial charge in [0.05, 0.1) is 0 Å². The third kappa shape index (κ3) is 3.21. The molecule has 0 saturated heterocycles. The molecule has 84 valence electrons. The molecule has 1 aromatic carbocycles. The molecule has 0 fully saturated rings. The van der Waals surface area contributed by atoms with E-state index < -0.39 is 0 Å². The predicted octanol–water partition coefficient (Wildman–Crippen LogP) is 3.38. The second kappa shape index (κ2) is 5.52. The molecule has 0 aromatic heterocycles. The van der Waals surface area contributed by atoms with Crippen molar-refractivity contribution >= 4 is 21.6 Å². The van der Waals surface area contributed by atoms with E-state index in [1.807, 2.05) is 12.1 Å². The lowest BCUT2D eigenvalue weighted by atomic mass is 9.92. The van der Waals surface area contributed by atoms with Crippen molar-refractivity contribution in [2.45, 2.75) is 32.2 Å². The molecule has 3 N–H and O–H groups in total. The lowest BCUT2D eigenvalue weighted by Crippen LogP contribution is -2.44. The van der Waals surface area contributed by atoms with Gasteiger partial charge in [-0.15, -0.1) is 0 Å². The maximum atomic E-state index is 5.84. The minimum Gasteiger partial charge on any atom is -0.378 e. The van der Waals surface area contributed by atoms with E-state index in [4.69, 9.17) is 5.73 Å².